The Morgan fingerprint density at radius 1 is 1.35 bits per heavy atom. The molecule has 1 heterocycles. The molecule has 0 aliphatic carbocycles. The number of halogens is 2. The Morgan fingerprint density at radius 2 is 2.12 bits per heavy atom. The van der Waals surface area contributed by atoms with Gasteiger partial charge in [0.1, 0.15) is 5.75 Å². The van der Waals surface area contributed by atoms with E-state index in [1.807, 2.05) is 18.2 Å². The van der Waals surface area contributed by atoms with E-state index in [2.05, 4.69) is 34.0 Å². The zero-order chi connectivity index (χ0) is 12.4. The van der Waals surface area contributed by atoms with Gasteiger partial charge in [-0.25, -0.2) is 0 Å². The summed E-state index contributed by atoms with van der Waals surface area (Å²) >= 11 is 10.1. The van der Waals surface area contributed by atoms with Gasteiger partial charge in [-0.15, -0.1) is 11.3 Å². The number of methoxy groups -OCH3 is 1. The predicted octanol–water partition coefficient (Wildman–Crippen LogP) is 4.06. The van der Waals surface area contributed by atoms with Crippen molar-refractivity contribution in [2.45, 2.75) is 6.04 Å². The van der Waals surface area contributed by atoms with Crippen LogP contribution in [0.25, 0.3) is 0 Å². The molecule has 0 bridgehead atoms. The normalized spacial score (nSPS) is 12.5. The fourth-order valence-electron chi connectivity index (χ4n) is 1.56. The van der Waals surface area contributed by atoms with Crippen LogP contribution in [0.1, 0.15) is 17.2 Å². The molecule has 2 nitrogen and oxygen atoms in total. The lowest BCUT2D eigenvalue weighted by Gasteiger charge is -2.12. The lowest BCUT2D eigenvalue weighted by atomic mass is 10.0. The molecule has 17 heavy (non-hydrogen) atoms. The maximum Gasteiger partial charge on any atom is 0.137 e. The highest BCUT2D eigenvalue weighted by atomic mass is 127. The molecule has 0 aliphatic heterocycles. The van der Waals surface area contributed by atoms with Crippen LogP contribution in [0.5, 0.6) is 5.75 Å². The summed E-state index contributed by atoms with van der Waals surface area (Å²) < 4.78 is 6.35. The van der Waals surface area contributed by atoms with Gasteiger partial charge < -0.3 is 10.5 Å². The molecule has 0 amide bonds. The molecule has 0 spiro atoms. The maximum atomic E-state index is 6.19. The largest absolute Gasteiger partial charge is 0.495 e. The van der Waals surface area contributed by atoms with Crippen LogP contribution in [0, 0.1) is 2.88 Å². The first kappa shape index (κ1) is 13.1. The fraction of sp³-hybridized carbons (Fsp3) is 0.167. The van der Waals surface area contributed by atoms with E-state index in [9.17, 15) is 0 Å². The van der Waals surface area contributed by atoms with Gasteiger partial charge in [0.15, 0.2) is 0 Å². The molecule has 0 saturated heterocycles. The second-order valence-corrected chi connectivity index (χ2v) is 6.77. The van der Waals surface area contributed by atoms with E-state index in [1.165, 1.54) is 2.88 Å². The van der Waals surface area contributed by atoms with Crippen molar-refractivity contribution in [1.29, 1.82) is 0 Å². The summed E-state index contributed by atoms with van der Waals surface area (Å²) in [5.41, 5.74) is 8.30. The SMILES string of the molecule is COc1ccc(C(N)c2csc(I)c2)cc1Cl. The number of hydrogen-bond donors (Lipinski definition) is 1. The maximum absolute atomic E-state index is 6.19. The molecule has 0 saturated carbocycles. The third-order valence-electron chi connectivity index (χ3n) is 2.48. The van der Waals surface area contributed by atoms with E-state index >= 15 is 0 Å². The van der Waals surface area contributed by atoms with Crippen molar-refractivity contribution in [2.75, 3.05) is 7.11 Å². The van der Waals surface area contributed by atoms with Crippen LogP contribution in [0.15, 0.2) is 29.6 Å². The van der Waals surface area contributed by atoms with Crippen LogP contribution in [-0.4, -0.2) is 7.11 Å². The average Bonchev–Trinajstić information content (AvgIpc) is 2.75. The standard InChI is InChI=1S/C12H11ClINOS/c1-16-10-3-2-7(4-9(10)13)12(15)8-5-11(14)17-6-8/h2-6,12H,15H2,1H3. The number of hydrogen-bond acceptors (Lipinski definition) is 3. The van der Waals surface area contributed by atoms with Crippen molar-refractivity contribution >= 4 is 45.5 Å². The van der Waals surface area contributed by atoms with Crippen LogP contribution in [0.4, 0.5) is 0 Å². The third kappa shape index (κ3) is 2.93. The molecule has 1 atom stereocenters. The summed E-state index contributed by atoms with van der Waals surface area (Å²) in [7, 11) is 1.60. The Hall–Kier alpha value is -0.300. The number of thiophene rings is 1. The average molecular weight is 380 g/mol. The molecule has 1 unspecified atom stereocenters. The number of benzene rings is 1. The second kappa shape index (κ2) is 5.56. The van der Waals surface area contributed by atoms with Gasteiger partial charge in [-0.05, 0) is 57.3 Å². The predicted molar refractivity (Wildman–Crippen MR) is 81.1 cm³/mol. The van der Waals surface area contributed by atoms with Crippen molar-refractivity contribution in [3.63, 3.8) is 0 Å². The van der Waals surface area contributed by atoms with Crippen molar-refractivity contribution in [3.05, 3.63) is 48.7 Å². The van der Waals surface area contributed by atoms with Gasteiger partial charge in [0.2, 0.25) is 0 Å². The minimum atomic E-state index is -0.141. The lowest BCUT2D eigenvalue weighted by Crippen LogP contribution is -2.10. The smallest absolute Gasteiger partial charge is 0.137 e. The molecule has 1 aromatic carbocycles. The first-order valence-electron chi connectivity index (χ1n) is 4.94. The highest BCUT2D eigenvalue weighted by Gasteiger charge is 2.12. The van der Waals surface area contributed by atoms with Gasteiger partial charge in [0.25, 0.3) is 0 Å². The Kier molecular flexibility index (Phi) is 4.30. The van der Waals surface area contributed by atoms with Crippen LogP contribution in [-0.2, 0) is 0 Å². The van der Waals surface area contributed by atoms with E-state index < -0.39 is 0 Å². The van der Waals surface area contributed by atoms with E-state index in [0.29, 0.717) is 10.8 Å². The summed E-state index contributed by atoms with van der Waals surface area (Å²) in [6, 6.07) is 7.59. The van der Waals surface area contributed by atoms with Gasteiger partial charge in [0.05, 0.1) is 21.1 Å². The second-order valence-electron chi connectivity index (χ2n) is 3.56. The summed E-state index contributed by atoms with van der Waals surface area (Å²) in [4.78, 5) is 0. The highest BCUT2D eigenvalue weighted by molar-refractivity contribution is 14.1. The van der Waals surface area contributed by atoms with Crippen molar-refractivity contribution < 1.29 is 4.74 Å². The van der Waals surface area contributed by atoms with Crippen LogP contribution in [0.2, 0.25) is 5.02 Å². The summed E-state index contributed by atoms with van der Waals surface area (Å²) in [5.74, 6) is 0.669. The molecule has 1 aromatic heterocycles. The molecule has 0 aliphatic rings. The van der Waals surface area contributed by atoms with E-state index in [1.54, 1.807) is 18.4 Å². The van der Waals surface area contributed by atoms with Crippen LogP contribution >= 0.6 is 45.5 Å². The Morgan fingerprint density at radius 3 is 2.65 bits per heavy atom. The number of nitrogens with two attached hydrogens (primary N) is 1. The number of ether oxygens (including phenoxy) is 1. The molecule has 2 aromatic rings. The molecular weight excluding hydrogens is 369 g/mol. The fourth-order valence-corrected chi connectivity index (χ4v) is 3.23. The van der Waals surface area contributed by atoms with Crippen molar-refractivity contribution in [2.24, 2.45) is 5.73 Å². The Balaban J connectivity index is 2.31. The third-order valence-corrected chi connectivity index (χ3v) is 4.58. The van der Waals surface area contributed by atoms with Crippen LogP contribution in [0.3, 0.4) is 0 Å². The van der Waals surface area contributed by atoms with Gasteiger partial charge >= 0.3 is 0 Å². The first-order valence-corrected chi connectivity index (χ1v) is 7.28. The van der Waals surface area contributed by atoms with Gasteiger partial charge in [-0.3, -0.25) is 0 Å². The molecule has 2 rings (SSSR count). The van der Waals surface area contributed by atoms with Gasteiger partial charge in [0, 0.05) is 0 Å². The van der Waals surface area contributed by atoms with E-state index in [-0.39, 0.29) is 6.04 Å². The topological polar surface area (TPSA) is 35.2 Å². The molecule has 90 valence electrons. The molecule has 2 N–H and O–H groups in total. The van der Waals surface area contributed by atoms with E-state index in [4.69, 9.17) is 22.1 Å². The molecule has 5 heteroatoms. The Bertz CT molecular complexity index is 529. The van der Waals surface area contributed by atoms with Gasteiger partial charge in [-0.2, -0.15) is 0 Å². The summed E-state index contributed by atoms with van der Waals surface area (Å²) in [6.07, 6.45) is 0. The van der Waals surface area contributed by atoms with E-state index in [0.717, 1.165) is 11.1 Å². The lowest BCUT2D eigenvalue weighted by molar-refractivity contribution is 0.415. The van der Waals surface area contributed by atoms with Gasteiger partial charge in [-0.1, -0.05) is 17.7 Å². The quantitative estimate of drug-likeness (QED) is 0.816. The zero-order valence-electron chi connectivity index (χ0n) is 9.11. The first-order chi connectivity index (χ1) is 8.11. The van der Waals surface area contributed by atoms with Crippen LogP contribution < -0.4 is 10.5 Å². The summed E-state index contributed by atoms with van der Waals surface area (Å²) in [5, 5.41) is 2.66. The molecule has 0 radical (unpaired) electrons. The van der Waals surface area contributed by atoms with Crippen molar-refractivity contribution in [3.8, 4) is 5.75 Å². The molecular formula is C12H11ClINOS. The minimum absolute atomic E-state index is 0.141. The zero-order valence-corrected chi connectivity index (χ0v) is 12.8. The van der Waals surface area contributed by atoms with Crippen molar-refractivity contribution in [1.82, 2.24) is 0 Å². The summed E-state index contributed by atoms with van der Waals surface area (Å²) in [6.45, 7) is 0. The Labute approximate surface area is 123 Å². The molecule has 0 fully saturated rings. The minimum Gasteiger partial charge on any atom is -0.495 e. The monoisotopic (exact) mass is 379 g/mol. The number of rotatable bonds is 3. The highest BCUT2D eigenvalue weighted by Crippen LogP contribution is 2.30.